The molecule has 34 heavy (non-hydrogen) atoms. The number of nitrogens with one attached hydrogen (secondary N) is 1. The van der Waals surface area contributed by atoms with Gasteiger partial charge in [0.1, 0.15) is 5.75 Å². The Labute approximate surface area is 201 Å². The number of ether oxygens (including phenoxy) is 1. The molecule has 1 aliphatic heterocycles. The quantitative estimate of drug-likeness (QED) is 0.451. The average molecular weight is 464 g/mol. The van der Waals surface area contributed by atoms with Crippen LogP contribution in [-0.4, -0.2) is 60.8 Å². The second kappa shape index (κ2) is 10.8. The van der Waals surface area contributed by atoms with Crippen LogP contribution in [0.3, 0.4) is 0 Å². The number of methoxy groups -OCH3 is 1. The third-order valence-corrected chi connectivity index (χ3v) is 6.90. The van der Waals surface area contributed by atoms with Gasteiger partial charge in [0.05, 0.1) is 30.3 Å². The van der Waals surface area contributed by atoms with E-state index in [0.29, 0.717) is 40.6 Å². The molecule has 0 saturated heterocycles. The van der Waals surface area contributed by atoms with Crippen molar-refractivity contribution >= 4 is 17.7 Å². The molecule has 3 amide bonds. The van der Waals surface area contributed by atoms with Crippen LogP contribution >= 0.6 is 0 Å². The Morgan fingerprint density at radius 3 is 2.38 bits per heavy atom. The van der Waals surface area contributed by atoms with Gasteiger partial charge in [-0.15, -0.1) is 0 Å². The summed E-state index contributed by atoms with van der Waals surface area (Å²) >= 11 is 0. The van der Waals surface area contributed by atoms with Crippen molar-refractivity contribution < 1.29 is 19.1 Å². The molecule has 180 valence electrons. The molecule has 1 aliphatic carbocycles. The number of carbonyl (C=O) groups excluding carboxylic acids is 3. The van der Waals surface area contributed by atoms with E-state index in [0.717, 1.165) is 13.0 Å². The van der Waals surface area contributed by atoms with Gasteiger partial charge in [-0.05, 0) is 62.7 Å². The zero-order valence-corrected chi connectivity index (χ0v) is 20.0. The maximum atomic E-state index is 12.9. The summed E-state index contributed by atoms with van der Waals surface area (Å²) in [6.45, 7) is 1.62. The van der Waals surface area contributed by atoms with E-state index < -0.39 is 0 Å². The number of hydrogen-bond donors (Lipinski definition) is 1. The van der Waals surface area contributed by atoms with E-state index in [-0.39, 0.29) is 24.3 Å². The van der Waals surface area contributed by atoms with Gasteiger partial charge in [0, 0.05) is 12.6 Å². The van der Waals surface area contributed by atoms with Gasteiger partial charge in [-0.25, -0.2) is 0 Å². The van der Waals surface area contributed by atoms with Crippen LogP contribution in [0, 0.1) is 0 Å². The molecule has 0 bridgehead atoms. The van der Waals surface area contributed by atoms with Crippen molar-refractivity contribution in [3.05, 3.63) is 64.7 Å². The molecule has 0 atom stereocenters. The van der Waals surface area contributed by atoms with Crippen molar-refractivity contribution in [1.82, 2.24) is 15.1 Å². The van der Waals surface area contributed by atoms with E-state index in [1.54, 1.807) is 42.5 Å². The Kier molecular flexibility index (Phi) is 7.63. The minimum Gasteiger partial charge on any atom is -0.496 e. The molecule has 0 radical (unpaired) electrons. The number of fused-ring (bicyclic) bond motifs is 1. The molecule has 0 unspecified atom stereocenters. The monoisotopic (exact) mass is 463 g/mol. The molecule has 2 aromatic carbocycles. The van der Waals surface area contributed by atoms with Crippen LogP contribution in [-0.2, 0) is 6.54 Å². The van der Waals surface area contributed by atoms with Gasteiger partial charge in [0.2, 0.25) is 0 Å². The highest BCUT2D eigenvalue weighted by Crippen LogP contribution is 2.26. The first-order chi connectivity index (χ1) is 16.5. The SMILES string of the molecule is COc1ccc(CN2C(=O)c3ccccc3C2=O)cc1C(=O)NCCCN(C)C1CCCCC1. The highest BCUT2D eigenvalue weighted by atomic mass is 16.5. The molecule has 2 aromatic rings. The van der Waals surface area contributed by atoms with Crippen molar-refractivity contribution in [1.29, 1.82) is 0 Å². The first-order valence-corrected chi connectivity index (χ1v) is 12.1. The number of hydrogen-bond acceptors (Lipinski definition) is 5. The third kappa shape index (κ3) is 5.14. The largest absolute Gasteiger partial charge is 0.496 e. The van der Waals surface area contributed by atoms with Crippen molar-refractivity contribution in [3.8, 4) is 5.75 Å². The number of benzene rings is 2. The van der Waals surface area contributed by atoms with Gasteiger partial charge in [-0.2, -0.15) is 0 Å². The maximum absolute atomic E-state index is 12.9. The molecule has 1 N–H and O–H groups in total. The topological polar surface area (TPSA) is 78.9 Å². The zero-order chi connectivity index (χ0) is 24.1. The third-order valence-electron chi connectivity index (χ3n) is 6.90. The highest BCUT2D eigenvalue weighted by molar-refractivity contribution is 6.21. The second-order valence-corrected chi connectivity index (χ2v) is 9.16. The molecule has 0 spiro atoms. The number of rotatable bonds is 9. The van der Waals surface area contributed by atoms with E-state index in [9.17, 15) is 14.4 Å². The fourth-order valence-corrected chi connectivity index (χ4v) is 4.93. The normalized spacial score (nSPS) is 16.1. The van der Waals surface area contributed by atoms with Gasteiger partial charge in [0.15, 0.2) is 0 Å². The molecule has 0 aromatic heterocycles. The molecular formula is C27H33N3O4. The minimum absolute atomic E-state index is 0.100. The summed E-state index contributed by atoms with van der Waals surface area (Å²) in [5.41, 5.74) is 1.92. The average Bonchev–Trinajstić information content (AvgIpc) is 3.11. The first-order valence-electron chi connectivity index (χ1n) is 12.1. The second-order valence-electron chi connectivity index (χ2n) is 9.16. The van der Waals surface area contributed by atoms with Crippen LogP contribution in [0.15, 0.2) is 42.5 Å². The minimum atomic E-state index is -0.315. The van der Waals surface area contributed by atoms with Crippen LogP contribution < -0.4 is 10.1 Å². The number of carbonyl (C=O) groups is 3. The highest BCUT2D eigenvalue weighted by Gasteiger charge is 2.35. The molecule has 1 saturated carbocycles. The summed E-state index contributed by atoms with van der Waals surface area (Å²) < 4.78 is 5.39. The van der Waals surface area contributed by atoms with Gasteiger partial charge >= 0.3 is 0 Å². The Bertz CT molecular complexity index is 1030. The Balaban J connectivity index is 1.36. The molecule has 7 nitrogen and oxygen atoms in total. The fraction of sp³-hybridized carbons (Fsp3) is 0.444. The molecule has 7 heteroatoms. The number of amides is 3. The number of imide groups is 1. The Morgan fingerprint density at radius 1 is 1.06 bits per heavy atom. The van der Waals surface area contributed by atoms with Crippen molar-refractivity contribution in [2.45, 2.75) is 51.1 Å². The van der Waals surface area contributed by atoms with E-state index in [4.69, 9.17) is 4.74 Å². The Hall–Kier alpha value is -3.19. The fourth-order valence-electron chi connectivity index (χ4n) is 4.93. The van der Waals surface area contributed by atoms with Crippen molar-refractivity contribution in [2.75, 3.05) is 27.2 Å². The van der Waals surface area contributed by atoms with E-state index in [2.05, 4.69) is 17.3 Å². The summed E-state index contributed by atoms with van der Waals surface area (Å²) in [6.07, 6.45) is 7.36. The maximum Gasteiger partial charge on any atom is 0.261 e. The van der Waals surface area contributed by atoms with Crippen LogP contribution in [0.5, 0.6) is 5.75 Å². The summed E-state index contributed by atoms with van der Waals surface area (Å²) in [7, 11) is 3.69. The molecule has 1 fully saturated rings. The Morgan fingerprint density at radius 2 is 1.74 bits per heavy atom. The van der Waals surface area contributed by atoms with Gasteiger partial charge < -0.3 is 15.0 Å². The molecule has 1 heterocycles. The summed E-state index contributed by atoms with van der Waals surface area (Å²) in [5.74, 6) is -0.390. The van der Waals surface area contributed by atoms with Crippen LogP contribution in [0.2, 0.25) is 0 Å². The molecule has 4 rings (SSSR count). The lowest BCUT2D eigenvalue weighted by atomic mass is 9.94. The zero-order valence-electron chi connectivity index (χ0n) is 20.0. The first kappa shape index (κ1) is 24.0. The summed E-state index contributed by atoms with van der Waals surface area (Å²) in [5, 5.41) is 2.99. The van der Waals surface area contributed by atoms with Gasteiger partial charge in [-0.1, -0.05) is 37.5 Å². The smallest absolute Gasteiger partial charge is 0.261 e. The van der Waals surface area contributed by atoms with Crippen LogP contribution in [0.4, 0.5) is 0 Å². The van der Waals surface area contributed by atoms with E-state index >= 15 is 0 Å². The van der Waals surface area contributed by atoms with Crippen molar-refractivity contribution in [3.63, 3.8) is 0 Å². The van der Waals surface area contributed by atoms with Crippen LogP contribution in [0.1, 0.15) is 75.2 Å². The summed E-state index contributed by atoms with van der Waals surface area (Å²) in [6, 6.07) is 12.7. The lowest BCUT2D eigenvalue weighted by molar-refractivity contribution is 0.0642. The van der Waals surface area contributed by atoms with Crippen molar-refractivity contribution in [2.24, 2.45) is 0 Å². The predicted octanol–water partition coefficient (Wildman–Crippen LogP) is 3.88. The standard InChI is InChI=1S/C27H33N3O4/c1-29(20-9-4-3-5-10-20)16-8-15-28-25(31)23-17-19(13-14-24(23)34-2)18-30-26(32)21-11-6-7-12-22(21)27(30)33/h6-7,11-14,17,20H,3-5,8-10,15-16,18H2,1-2H3,(H,28,31). The lowest BCUT2D eigenvalue weighted by Gasteiger charge is -2.31. The summed E-state index contributed by atoms with van der Waals surface area (Å²) in [4.78, 5) is 41.9. The van der Waals surface area contributed by atoms with Crippen LogP contribution in [0.25, 0.3) is 0 Å². The van der Waals surface area contributed by atoms with E-state index in [1.165, 1.54) is 44.1 Å². The number of nitrogens with zero attached hydrogens (tertiary/aromatic N) is 2. The predicted molar refractivity (Wildman–Crippen MR) is 130 cm³/mol. The van der Waals surface area contributed by atoms with Gasteiger partial charge in [0.25, 0.3) is 17.7 Å². The molecule has 2 aliphatic rings. The van der Waals surface area contributed by atoms with E-state index in [1.807, 2.05) is 0 Å². The lowest BCUT2D eigenvalue weighted by Crippen LogP contribution is -2.36. The molecular weight excluding hydrogens is 430 g/mol. The van der Waals surface area contributed by atoms with Gasteiger partial charge in [-0.3, -0.25) is 19.3 Å².